The van der Waals surface area contributed by atoms with Gasteiger partial charge in [-0.05, 0) is 84.6 Å². The van der Waals surface area contributed by atoms with Gasteiger partial charge in [0.05, 0.1) is 15.7 Å². The highest BCUT2D eigenvalue weighted by Gasteiger charge is 2.29. The fraction of sp³-hybridized carbons (Fsp3) is 0.619. The SMILES string of the molecule is CC(C)NC(=O)c1ccc(NC(=O)C2CCC(NS(=O)C(C)(C)C)CC2)cc1. The lowest BCUT2D eigenvalue weighted by Crippen LogP contribution is -2.42. The molecule has 1 aliphatic carbocycles. The third kappa shape index (κ3) is 6.71. The summed E-state index contributed by atoms with van der Waals surface area (Å²) in [6, 6.07) is 7.23. The minimum Gasteiger partial charge on any atom is -0.350 e. The number of amides is 2. The van der Waals surface area contributed by atoms with Crippen molar-refractivity contribution in [2.75, 3.05) is 5.32 Å². The standard InChI is InChI=1S/C21H33N3O3S/c1-14(2)22-19(25)15-6-10-17(11-7-15)23-20(26)16-8-12-18(13-9-16)24-28(27)21(3,4)5/h6-7,10-11,14,16,18,24H,8-9,12-13H2,1-5H3,(H,22,25)(H,23,26). The Kier molecular flexibility index (Phi) is 7.78. The lowest BCUT2D eigenvalue weighted by Gasteiger charge is -2.30. The zero-order valence-corrected chi connectivity index (χ0v) is 18.3. The highest BCUT2D eigenvalue weighted by molar-refractivity contribution is 7.84. The van der Waals surface area contributed by atoms with Crippen molar-refractivity contribution in [1.29, 1.82) is 0 Å². The number of carbonyl (C=O) groups is 2. The van der Waals surface area contributed by atoms with Gasteiger partial charge in [0.15, 0.2) is 0 Å². The van der Waals surface area contributed by atoms with Crippen molar-refractivity contribution in [3.8, 4) is 0 Å². The van der Waals surface area contributed by atoms with Crippen molar-refractivity contribution in [1.82, 2.24) is 10.0 Å². The third-order valence-electron chi connectivity index (χ3n) is 4.76. The quantitative estimate of drug-likeness (QED) is 0.676. The summed E-state index contributed by atoms with van der Waals surface area (Å²) >= 11 is 0. The summed E-state index contributed by atoms with van der Waals surface area (Å²) in [6.07, 6.45) is 3.24. The van der Waals surface area contributed by atoms with Gasteiger partial charge in [-0.2, -0.15) is 0 Å². The van der Waals surface area contributed by atoms with E-state index >= 15 is 0 Å². The van der Waals surface area contributed by atoms with Gasteiger partial charge in [0, 0.05) is 29.3 Å². The van der Waals surface area contributed by atoms with Crippen LogP contribution in [-0.4, -0.2) is 32.9 Å². The summed E-state index contributed by atoms with van der Waals surface area (Å²) in [7, 11) is -1.08. The molecule has 3 N–H and O–H groups in total. The molecule has 1 saturated carbocycles. The van der Waals surface area contributed by atoms with Crippen molar-refractivity contribution >= 4 is 28.5 Å². The van der Waals surface area contributed by atoms with Gasteiger partial charge in [0.25, 0.3) is 5.91 Å². The Morgan fingerprint density at radius 3 is 2.11 bits per heavy atom. The second-order valence-corrected chi connectivity index (χ2v) is 10.7. The molecule has 1 aromatic rings. The molecule has 28 heavy (non-hydrogen) atoms. The fourth-order valence-corrected chi connectivity index (χ4v) is 3.99. The summed E-state index contributed by atoms with van der Waals surface area (Å²) in [6.45, 7) is 9.68. The van der Waals surface area contributed by atoms with Crippen LogP contribution < -0.4 is 15.4 Å². The molecule has 1 unspecified atom stereocenters. The molecule has 0 bridgehead atoms. The van der Waals surface area contributed by atoms with Crippen LogP contribution in [0.3, 0.4) is 0 Å². The van der Waals surface area contributed by atoms with Crippen LogP contribution in [0.4, 0.5) is 5.69 Å². The Hall–Kier alpha value is -1.73. The van der Waals surface area contributed by atoms with E-state index in [2.05, 4.69) is 15.4 Å². The minimum absolute atomic E-state index is 0.00905. The van der Waals surface area contributed by atoms with Crippen molar-refractivity contribution in [3.05, 3.63) is 29.8 Å². The number of hydrogen-bond acceptors (Lipinski definition) is 3. The van der Waals surface area contributed by atoms with Crippen LogP contribution in [0.25, 0.3) is 0 Å². The molecule has 0 saturated heterocycles. The van der Waals surface area contributed by atoms with Crippen LogP contribution in [0.2, 0.25) is 0 Å². The first-order valence-corrected chi connectivity index (χ1v) is 11.1. The molecule has 0 spiro atoms. The van der Waals surface area contributed by atoms with Crippen molar-refractivity contribution < 1.29 is 13.8 Å². The summed E-state index contributed by atoms with van der Waals surface area (Å²) in [5.74, 6) is -0.147. The average Bonchev–Trinajstić information content (AvgIpc) is 2.61. The molecule has 0 aromatic heterocycles. The average molecular weight is 408 g/mol. The number of carbonyl (C=O) groups excluding carboxylic acids is 2. The lowest BCUT2D eigenvalue weighted by molar-refractivity contribution is -0.120. The fourth-order valence-electron chi connectivity index (χ4n) is 3.10. The van der Waals surface area contributed by atoms with Crippen LogP contribution >= 0.6 is 0 Å². The zero-order valence-electron chi connectivity index (χ0n) is 17.5. The molecular weight excluding hydrogens is 374 g/mol. The van der Waals surface area contributed by atoms with Crippen molar-refractivity contribution in [2.45, 2.75) is 77.1 Å². The molecule has 7 heteroatoms. The van der Waals surface area contributed by atoms with E-state index in [0.717, 1.165) is 25.7 Å². The van der Waals surface area contributed by atoms with E-state index in [9.17, 15) is 13.8 Å². The third-order valence-corrected chi connectivity index (χ3v) is 6.42. The maximum Gasteiger partial charge on any atom is 0.251 e. The van der Waals surface area contributed by atoms with Gasteiger partial charge in [-0.15, -0.1) is 0 Å². The van der Waals surface area contributed by atoms with Gasteiger partial charge >= 0.3 is 0 Å². The molecule has 1 aromatic carbocycles. The number of nitrogens with one attached hydrogen (secondary N) is 3. The second kappa shape index (κ2) is 9.65. The number of hydrogen-bond donors (Lipinski definition) is 3. The molecule has 1 fully saturated rings. The number of benzene rings is 1. The minimum atomic E-state index is -1.08. The predicted octanol–water partition coefficient (Wildman–Crippen LogP) is 3.37. The first-order chi connectivity index (χ1) is 13.1. The van der Waals surface area contributed by atoms with Gasteiger partial charge in [0.2, 0.25) is 5.91 Å². The van der Waals surface area contributed by atoms with Crippen LogP contribution in [0.15, 0.2) is 24.3 Å². The van der Waals surface area contributed by atoms with Crippen molar-refractivity contribution in [3.63, 3.8) is 0 Å². The smallest absolute Gasteiger partial charge is 0.251 e. The van der Waals surface area contributed by atoms with E-state index in [1.54, 1.807) is 24.3 Å². The molecule has 1 aliphatic rings. The highest BCUT2D eigenvalue weighted by atomic mass is 32.2. The van der Waals surface area contributed by atoms with Gasteiger partial charge in [-0.25, -0.2) is 8.93 Å². The van der Waals surface area contributed by atoms with Gasteiger partial charge in [0.1, 0.15) is 0 Å². The Bertz CT molecular complexity index is 703. The molecular formula is C21H33N3O3S. The number of anilines is 1. The zero-order chi connectivity index (χ0) is 20.9. The molecule has 0 heterocycles. The molecule has 6 nitrogen and oxygen atoms in total. The summed E-state index contributed by atoms with van der Waals surface area (Å²) < 4.78 is 15.1. The van der Waals surface area contributed by atoms with Crippen LogP contribution in [-0.2, 0) is 15.8 Å². The van der Waals surface area contributed by atoms with Gasteiger partial charge in [-0.1, -0.05) is 0 Å². The van der Waals surface area contributed by atoms with Crippen LogP contribution in [0.1, 0.15) is 70.7 Å². The van der Waals surface area contributed by atoms with Gasteiger partial charge in [-0.3, -0.25) is 9.59 Å². The van der Waals surface area contributed by atoms with E-state index in [-0.39, 0.29) is 34.6 Å². The predicted molar refractivity (Wildman–Crippen MR) is 114 cm³/mol. The highest BCUT2D eigenvalue weighted by Crippen LogP contribution is 2.26. The summed E-state index contributed by atoms with van der Waals surface area (Å²) in [4.78, 5) is 24.5. The molecule has 0 aliphatic heterocycles. The molecule has 0 radical (unpaired) electrons. The maximum absolute atomic E-state index is 12.5. The van der Waals surface area contributed by atoms with E-state index in [1.165, 1.54) is 0 Å². The maximum atomic E-state index is 12.5. The second-order valence-electron chi connectivity index (χ2n) is 8.74. The summed E-state index contributed by atoms with van der Waals surface area (Å²) in [5.41, 5.74) is 1.27. The van der Waals surface area contributed by atoms with E-state index in [4.69, 9.17) is 0 Å². The first kappa shape index (κ1) is 22.6. The van der Waals surface area contributed by atoms with Crippen LogP contribution in [0.5, 0.6) is 0 Å². The monoisotopic (exact) mass is 407 g/mol. The lowest BCUT2D eigenvalue weighted by atomic mass is 9.86. The number of rotatable bonds is 6. The molecule has 1 atom stereocenters. The Morgan fingerprint density at radius 1 is 1.04 bits per heavy atom. The van der Waals surface area contributed by atoms with E-state index < -0.39 is 11.0 Å². The van der Waals surface area contributed by atoms with E-state index in [0.29, 0.717) is 11.3 Å². The normalized spacial score (nSPS) is 21.2. The first-order valence-electron chi connectivity index (χ1n) is 9.96. The topological polar surface area (TPSA) is 87.3 Å². The van der Waals surface area contributed by atoms with Crippen LogP contribution in [0, 0.1) is 5.92 Å². The van der Waals surface area contributed by atoms with Gasteiger partial charge < -0.3 is 10.6 Å². The Balaban J connectivity index is 1.83. The Labute approximate surface area is 170 Å². The van der Waals surface area contributed by atoms with E-state index in [1.807, 2.05) is 34.6 Å². The summed E-state index contributed by atoms with van der Waals surface area (Å²) in [5, 5.41) is 5.79. The molecule has 156 valence electrons. The molecule has 2 rings (SSSR count). The molecule has 2 amide bonds. The van der Waals surface area contributed by atoms with Crippen molar-refractivity contribution in [2.24, 2.45) is 5.92 Å². The Morgan fingerprint density at radius 2 is 1.61 bits per heavy atom. The largest absolute Gasteiger partial charge is 0.350 e.